The van der Waals surface area contributed by atoms with Crippen LogP contribution in [0.25, 0.3) is 0 Å². The lowest BCUT2D eigenvalue weighted by Gasteiger charge is -2.26. The summed E-state index contributed by atoms with van der Waals surface area (Å²) < 4.78 is 53.6. The lowest BCUT2D eigenvalue weighted by atomic mass is 10.1. The Labute approximate surface area is 118 Å². The van der Waals surface area contributed by atoms with Crippen LogP contribution in [0.4, 0.5) is 13.2 Å². The van der Waals surface area contributed by atoms with Crippen LogP contribution in [0.15, 0.2) is 24.3 Å². The molecule has 0 spiro atoms. The van der Waals surface area contributed by atoms with Crippen LogP contribution in [0.1, 0.15) is 25.8 Å². The minimum atomic E-state index is -4.82. The molecule has 1 unspecified atom stereocenters. The van der Waals surface area contributed by atoms with Gasteiger partial charge in [0.15, 0.2) is 5.16 Å². The summed E-state index contributed by atoms with van der Waals surface area (Å²) in [6, 6.07) is 3.52. The molecule has 0 saturated heterocycles. The van der Waals surface area contributed by atoms with Gasteiger partial charge in [-0.3, -0.25) is 9.36 Å². The molecule has 0 fully saturated rings. The Kier molecular flexibility index (Phi) is 4.87. The van der Waals surface area contributed by atoms with Crippen molar-refractivity contribution in [3.8, 4) is 5.75 Å². The largest absolute Gasteiger partial charge is 0.426 e. The molecular formula is C12H14F3O5P. The summed E-state index contributed by atoms with van der Waals surface area (Å²) in [5.41, 5.74) is -1.03. The summed E-state index contributed by atoms with van der Waals surface area (Å²) in [7, 11) is -4.82. The average molecular weight is 326 g/mol. The first-order valence-corrected chi connectivity index (χ1v) is 7.48. The zero-order chi connectivity index (χ0) is 16.5. The van der Waals surface area contributed by atoms with Crippen LogP contribution < -0.4 is 4.74 Å². The second kappa shape index (κ2) is 5.79. The van der Waals surface area contributed by atoms with Crippen molar-refractivity contribution >= 4 is 13.6 Å². The van der Waals surface area contributed by atoms with E-state index in [-0.39, 0.29) is 6.42 Å². The van der Waals surface area contributed by atoms with Gasteiger partial charge in [-0.25, -0.2) is 0 Å². The molecule has 118 valence electrons. The monoisotopic (exact) mass is 326 g/mol. The van der Waals surface area contributed by atoms with E-state index in [1.165, 1.54) is 6.92 Å². The fraction of sp³-hybridized carbons (Fsp3) is 0.417. The van der Waals surface area contributed by atoms with Gasteiger partial charge in [-0.2, -0.15) is 13.2 Å². The van der Waals surface area contributed by atoms with Crippen molar-refractivity contribution in [3.05, 3.63) is 29.8 Å². The number of esters is 1. The number of ether oxygens (including phenoxy) is 1. The summed E-state index contributed by atoms with van der Waals surface area (Å²) in [6.07, 6.45) is -4.84. The van der Waals surface area contributed by atoms with Crippen molar-refractivity contribution in [1.82, 2.24) is 0 Å². The normalized spacial score (nSPS) is 15.4. The van der Waals surface area contributed by atoms with Gasteiger partial charge in [0.05, 0.1) is 5.56 Å². The molecule has 0 radical (unpaired) electrons. The number of rotatable bonds is 4. The Morgan fingerprint density at radius 1 is 1.33 bits per heavy atom. The highest BCUT2D eigenvalue weighted by molar-refractivity contribution is 7.54. The van der Waals surface area contributed by atoms with E-state index in [9.17, 15) is 32.3 Å². The smallest absolute Gasteiger partial charge is 0.416 e. The number of hydrogen-bond acceptors (Lipinski definition) is 3. The molecule has 0 amide bonds. The molecule has 0 aliphatic rings. The highest BCUT2D eigenvalue weighted by atomic mass is 31.2. The number of alkyl halides is 3. The van der Waals surface area contributed by atoms with Crippen molar-refractivity contribution in [1.29, 1.82) is 0 Å². The topological polar surface area (TPSA) is 83.8 Å². The van der Waals surface area contributed by atoms with Gasteiger partial charge < -0.3 is 14.5 Å². The average Bonchev–Trinajstić information content (AvgIpc) is 2.35. The molecule has 21 heavy (non-hydrogen) atoms. The van der Waals surface area contributed by atoms with Gasteiger partial charge in [0.1, 0.15) is 5.75 Å². The lowest BCUT2D eigenvalue weighted by Crippen LogP contribution is -2.38. The maximum Gasteiger partial charge on any atom is 0.416 e. The van der Waals surface area contributed by atoms with E-state index in [4.69, 9.17) is 4.74 Å². The molecule has 1 aromatic rings. The van der Waals surface area contributed by atoms with E-state index < -0.39 is 36.2 Å². The molecular weight excluding hydrogens is 312 g/mol. The Bertz CT molecular complexity index is 581. The molecule has 0 aliphatic carbocycles. The van der Waals surface area contributed by atoms with Crippen molar-refractivity contribution in [2.75, 3.05) is 0 Å². The van der Waals surface area contributed by atoms with Crippen LogP contribution in [0, 0.1) is 0 Å². The predicted octanol–water partition coefficient (Wildman–Crippen LogP) is 2.96. The van der Waals surface area contributed by atoms with Crippen molar-refractivity contribution in [2.45, 2.75) is 31.6 Å². The molecule has 1 aromatic carbocycles. The molecule has 0 saturated carbocycles. The number of benzene rings is 1. The zero-order valence-corrected chi connectivity index (χ0v) is 12.1. The molecule has 9 heteroatoms. The fourth-order valence-corrected chi connectivity index (χ4v) is 2.12. The first-order chi connectivity index (χ1) is 9.41. The maximum absolute atomic E-state index is 12.5. The first kappa shape index (κ1) is 17.7. The van der Waals surface area contributed by atoms with Crippen molar-refractivity contribution in [2.24, 2.45) is 0 Å². The Morgan fingerprint density at radius 3 is 2.33 bits per heavy atom. The Balaban J connectivity index is 3.07. The van der Waals surface area contributed by atoms with Gasteiger partial charge in [0, 0.05) is 0 Å². The lowest BCUT2D eigenvalue weighted by molar-refractivity contribution is -0.140. The van der Waals surface area contributed by atoms with Gasteiger partial charge in [0.25, 0.3) is 0 Å². The Hall–Kier alpha value is -1.37. The quantitative estimate of drug-likeness (QED) is 0.505. The van der Waals surface area contributed by atoms with Crippen LogP contribution in [0.3, 0.4) is 0 Å². The number of halogens is 3. The van der Waals surface area contributed by atoms with Crippen molar-refractivity contribution < 1.29 is 37.1 Å². The summed E-state index contributed by atoms with van der Waals surface area (Å²) in [5.74, 6) is -1.71. The fourth-order valence-electron chi connectivity index (χ4n) is 1.42. The molecule has 2 N–H and O–H groups in total. The van der Waals surface area contributed by atoms with Gasteiger partial charge >= 0.3 is 19.7 Å². The minimum Gasteiger partial charge on any atom is -0.426 e. The van der Waals surface area contributed by atoms with Crippen molar-refractivity contribution in [3.63, 3.8) is 0 Å². The number of carbonyl (C=O) groups excluding carboxylic acids is 1. The van der Waals surface area contributed by atoms with Gasteiger partial charge in [-0.15, -0.1) is 0 Å². The number of carbonyl (C=O) groups is 1. The number of hydrogen-bond donors (Lipinski definition) is 2. The third-order valence-electron chi connectivity index (χ3n) is 3.14. The highest BCUT2D eigenvalue weighted by Gasteiger charge is 2.49. The van der Waals surface area contributed by atoms with Crippen LogP contribution in [-0.4, -0.2) is 20.9 Å². The zero-order valence-electron chi connectivity index (χ0n) is 11.2. The highest BCUT2D eigenvalue weighted by Crippen LogP contribution is 2.52. The standard InChI is InChI=1S/C12H14F3O5P/c1-3-11(2,21(17,18)19)10(16)20-9-6-4-5-8(7-9)12(13,14)15/h4-7H,3H2,1-2H3,(H2,17,18,19). The molecule has 0 heterocycles. The molecule has 5 nitrogen and oxygen atoms in total. The Morgan fingerprint density at radius 2 is 1.90 bits per heavy atom. The second-order valence-corrected chi connectivity index (χ2v) is 6.66. The van der Waals surface area contributed by atoms with Crippen LogP contribution in [0.5, 0.6) is 5.75 Å². The molecule has 1 atom stereocenters. The van der Waals surface area contributed by atoms with E-state index >= 15 is 0 Å². The molecule has 0 aliphatic heterocycles. The van der Waals surface area contributed by atoms with E-state index in [0.717, 1.165) is 25.1 Å². The van der Waals surface area contributed by atoms with E-state index in [1.54, 1.807) is 0 Å². The summed E-state index contributed by atoms with van der Waals surface area (Å²) in [6.45, 7) is 2.37. The van der Waals surface area contributed by atoms with Gasteiger partial charge in [-0.05, 0) is 31.5 Å². The van der Waals surface area contributed by atoms with Gasteiger partial charge in [0.2, 0.25) is 0 Å². The minimum absolute atomic E-state index is 0.227. The van der Waals surface area contributed by atoms with Crippen LogP contribution in [0.2, 0.25) is 0 Å². The summed E-state index contributed by atoms with van der Waals surface area (Å²) >= 11 is 0. The van der Waals surface area contributed by atoms with Crippen LogP contribution >= 0.6 is 7.60 Å². The third kappa shape index (κ3) is 3.84. The summed E-state index contributed by atoms with van der Waals surface area (Å²) in [5, 5.41) is -2.11. The molecule has 0 bridgehead atoms. The molecule has 0 aromatic heterocycles. The summed E-state index contributed by atoms with van der Waals surface area (Å²) in [4.78, 5) is 30.3. The van der Waals surface area contributed by atoms with E-state index in [2.05, 4.69) is 0 Å². The van der Waals surface area contributed by atoms with E-state index in [0.29, 0.717) is 6.07 Å². The van der Waals surface area contributed by atoms with E-state index in [1.807, 2.05) is 0 Å². The maximum atomic E-state index is 12.5. The molecule has 1 rings (SSSR count). The first-order valence-electron chi connectivity index (χ1n) is 5.87. The van der Waals surface area contributed by atoms with Gasteiger partial charge in [-0.1, -0.05) is 13.0 Å². The van der Waals surface area contributed by atoms with Crippen LogP contribution in [-0.2, 0) is 15.5 Å². The second-order valence-electron chi connectivity index (χ2n) is 4.59. The third-order valence-corrected chi connectivity index (χ3v) is 4.93. The SMILES string of the molecule is CCC(C)(C(=O)Oc1cccc(C(F)(F)F)c1)P(=O)(O)O. The predicted molar refractivity (Wildman–Crippen MR) is 67.8 cm³/mol.